The molecule has 1 atom stereocenters. The molecule has 1 unspecified atom stereocenters. The largest absolute Gasteiger partial charge is 0.295 e. The van der Waals surface area contributed by atoms with Crippen LogP contribution >= 0.6 is 20.1 Å². The average molecular weight is 230 g/mol. The van der Waals surface area contributed by atoms with Gasteiger partial charge in [-0.3, -0.25) is 8.54 Å². The van der Waals surface area contributed by atoms with E-state index in [1.807, 2.05) is 30.3 Å². The van der Waals surface area contributed by atoms with Crippen LogP contribution in [0.2, 0.25) is 0 Å². The molecular formula is C10H15O2PS. The van der Waals surface area contributed by atoms with Crippen molar-refractivity contribution in [1.29, 1.82) is 0 Å². The third-order valence-electron chi connectivity index (χ3n) is 1.71. The van der Waals surface area contributed by atoms with Crippen LogP contribution < -0.4 is 0 Å². The van der Waals surface area contributed by atoms with Crippen molar-refractivity contribution >= 4 is 20.1 Å². The fourth-order valence-electron chi connectivity index (χ4n) is 0.933. The first-order valence-electron chi connectivity index (χ1n) is 4.75. The van der Waals surface area contributed by atoms with Gasteiger partial charge in [0.1, 0.15) is 0 Å². The molecule has 0 N–H and O–H groups in total. The molecule has 0 bridgehead atoms. The van der Waals surface area contributed by atoms with E-state index in [4.69, 9.17) is 3.97 Å². The second-order valence-electron chi connectivity index (χ2n) is 2.96. The van der Waals surface area contributed by atoms with Crippen LogP contribution in [0.1, 0.15) is 19.8 Å². The van der Waals surface area contributed by atoms with Gasteiger partial charge >= 0.3 is 0 Å². The molecule has 0 aliphatic carbocycles. The first kappa shape index (κ1) is 11.8. The van der Waals surface area contributed by atoms with Crippen molar-refractivity contribution in [3.05, 3.63) is 30.3 Å². The van der Waals surface area contributed by atoms with Crippen molar-refractivity contribution in [2.24, 2.45) is 0 Å². The van der Waals surface area contributed by atoms with Gasteiger partial charge in [0, 0.05) is 23.1 Å². The molecule has 4 heteroatoms. The van der Waals surface area contributed by atoms with E-state index in [1.54, 1.807) is 0 Å². The van der Waals surface area contributed by atoms with E-state index in [1.165, 1.54) is 12.0 Å². The van der Waals surface area contributed by atoms with E-state index in [2.05, 4.69) is 6.92 Å². The monoisotopic (exact) mass is 230 g/mol. The highest BCUT2D eigenvalue weighted by Gasteiger charge is 2.00. The number of rotatable bonds is 6. The minimum absolute atomic E-state index is 0.695. The van der Waals surface area contributed by atoms with Crippen molar-refractivity contribution in [2.75, 3.05) is 6.16 Å². The van der Waals surface area contributed by atoms with Crippen LogP contribution in [0.25, 0.3) is 0 Å². The Balaban J connectivity index is 2.24. The lowest BCUT2D eigenvalue weighted by atomic mass is 10.4. The molecule has 0 saturated carbocycles. The number of hydrogen-bond acceptors (Lipinski definition) is 3. The summed E-state index contributed by atoms with van der Waals surface area (Å²) in [5.74, 6) is 0. The highest BCUT2D eigenvalue weighted by Crippen LogP contribution is 2.34. The van der Waals surface area contributed by atoms with E-state index < -0.39 is 8.03 Å². The Labute approximate surface area is 90.1 Å². The summed E-state index contributed by atoms with van der Waals surface area (Å²) in [5.41, 5.74) is 0. The lowest BCUT2D eigenvalue weighted by Gasteiger charge is -2.01. The van der Waals surface area contributed by atoms with Crippen molar-refractivity contribution in [1.82, 2.24) is 0 Å². The summed E-state index contributed by atoms with van der Waals surface area (Å²) >= 11 is 1.21. The molecule has 1 aromatic rings. The van der Waals surface area contributed by atoms with Gasteiger partial charge in [-0.15, -0.1) is 0 Å². The molecule has 0 heterocycles. The Morgan fingerprint density at radius 1 is 1.36 bits per heavy atom. The van der Waals surface area contributed by atoms with Gasteiger partial charge in [0.25, 0.3) is 0 Å². The van der Waals surface area contributed by atoms with Gasteiger partial charge in [-0.05, 0) is 18.6 Å². The van der Waals surface area contributed by atoms with Crippen LogP contribution in [0.15, 0.2) is 35.2 Å². The second kappa shape index (κ2) is 7.10. The number of unbranched alkanes of at least 4 members (excludes halogenated alkanes) is 1. The molecule has 0 amide bonds. The number of hydrogen-bond donors (Lipinski definition) is 0. The molecule has 2 nitrogen and oxygen atoms in total. The Morgan fingerprint density at radius 2 is 2.07 bits per heavy atom. The molecule has 0 aromatic heterocycles. The van der Waals surface area contributed by atoms with Crippen molar-refractivity contribution in [3.63, 3.8) is 0 Å². The molecule has 0 radical (unpaired) electrons. The van der Waals surface area contributed by atoms with Crippen LogP contribution in [0.5, 0.6) is 0 Å². The van der Waals surface area contributed by atoms with Gasteiger partial charge in [0.05, 0.1) is 0 Å². The van der Waals surface area contributed by atoms with E-state index in [9.17, 15) is 4.57 Å². The summed E-state index contributed by atoms with van der Waals surface area (Å²) in [4.78, 5) is 1.00. The predicted molar refractivity (Wildman–Crippen MR) is 62.2 cm³/mol. The van der Waals surface area contributed by atoms with Gasteiger partial charge in [-0.2, -0.15) is 0 Å². The summed E-state index contributed by atoms with van der Waals surface area (Å²) < 4.78 is 16.5. The van der Waals surface area contributed by atoms with E-state index in [0.29, 0.717) is 6.16 Å². The Hall–Kier alpha value is -0.240. The fraction of sp³-hybridized carbons (Fsp3) is 0.400. The molecule has 1 aromatic carbocycles. The lowest BCUT2D eigenvalue weighted by molar-refractivity contribution is 0.531. The SMILES string of the molecule is CCCC[PH](=O)OSc1ccccc1. The average Bonchev–Trinajstić information content (AvgIpc) is 2.25. The van der Waals surface area contributed by atoms with Gasteiger partial charge < -0.3 is 0 Å². The molecule has 0 aliphatic heterocycles. The molecule has 0 saturated heterocycles. The van der Waals surface area contributed by atoms with E-state index >= 15 is 0 Å². The maximum Gasteiger partial charge on any atom is 0.203 e. The number of benzene rings is 1. The summed E-state index contributed by atoms with van der Waals surface area (Å²) in [6, 6.07) is 9.72. The van der Waals surface area contributed by atoms with Gasteiger partial charge in [0.15, 0.2) is 0 Å². The highest BCUT2D eigenvalue weighted by molar-refractivity contribution is 7.97. The second-order valence-corrected chi connectivity index (χ2v) is 5.50. The van der Waals surface area contributed by atoms with Gasteiger partial charge in [-0.1, -0.05) is 31.5 Å². The Bertz CT molecular complexity index is 277. The molecule has 0 spiro atoms. The van der Waals surface area contributed by atoms with E-state index in [-0.39, 0.29) is 0 Å². The molecule has 14 heavy (non-hydrogen) atoms. The third-order valence-corrected chi connectivity index (χ3v) is 4.01. The zero-order valence-electron chi connectivity index (χ0n) is 8.23. The van der Waals surface area contributed by atoms with E-state index in [0.717, 1.165) is 17.7 Å². The summed E-state index contributed by atoms with van der Waals surface area (Å²) in [6.07, 6.45) is 2.74. The van der Waals surface area contributed by atoms with Crippen LogP contribution in [-0.2, 0) is 8.54 Å². The Kier molecular flexibility index (Phi) is 6.00. The Morgan fingerprint density at radius 3 is 2.71 bits per heavy atom. The summed E-state index contributed by atoms with van der Waals surface area (Å²) in [5, 5.41) is 0. The zero-order chi connectivity index (χ0) is 10.2. The van der Waals surface area contributed by atoms with Gasteiger partial charge in [-0.25, -0.2) is 0 Å². The molecule has 78 valence electrons. The van der Waals surface area contributed by atoms with Crippen molar-refractivity contribution in [2.45, 2.75) is 24.7 Å². The highest BCUT2D eigenvalue weighted by atomic mass is 32.2. The topological polar surface area (TPSA) is 26.3 Å². The fourth-order valence-corrected chi connectivity index (χ4v) is 2.93. The quantitative estimate of drug-likeness (QED) is 0.546. The molecule has 0 aliphatic rings. The molecule has 1 rings (SSSR count). The maximum absolute atomic E-state index is 11.3. The molecular weight excluding hydrogens is 215 g/mol. The maximum atomic E-state index is 11.3. The normalized spacial score (nSPS) is 12.6. The van der Waals surface area contributed by atoms with Crippen LogP contribution in [0.4, 0.5) is 0 Å². The summed E-state index contributed by atoms with van der Waals surface area (Å²) in [6.45, 7) is 2.08. The third kappa shape index (κ3) is 4.85. The van der Waals surface area contributed by atoms with Crippen molar-refractivity contribution < 1.29 is 8.54 Å². The van der Waals surface area contributed by atoms with Crippen LogP contribution in [-0.4, -0.2) is 6.16 Å². The predicted octanol–water partition coefficient (Wildman–Crippen LogP) is 3.99. The van der Waals surface area contributed by atoms with Crippen LogP contribution in [0, 0.1) is 0 Å². The lowest BCUT2D eigenvalue weighted by Crippen LogP contribution is -1.77. The first-order chi connectivity index (χ1) is 6.83. The van der Waals surface area contributed by atoms with Crippen molar-refractivity contribution in [3.8, 4) is 0 Å². The van der Waals surface area contributed by atoms with Crippen LogP contribution in [0.3, 0.4) is 0 Å². The summed E-state index contributed by atoms with van der Waals surface area (Å²) in [7, 11) is -1.84. The minimum atomic E-state index is -1.84. The minimum Gasteiger partial charge on any atom is -0.295 e. The van der Waals surface area contributed by atoms with Gasteiger partial charge in [0.2, 0.25) is 8.03 Å². The zero-order valence-corrected chi connectivity index (χ0v) is 10.0. The smallest absolute Gasteiger partial charge is 0.203 e. The standard InChI is InChI=1S/C10H15O2PS/c1-2-3-9-13(11)12-14-10-7-5-4-6-8-10/h4-8,13H,2-3,9H2,1H3. The molecule has 0 fully saturated rings. The first-order valence-corrected chi connectivity index (χ1v) is 7.02.